The van der Waals surface area contributed by atoms with E-state index in [1.807, 2.05) is 0 Å². The van der Waals surface area contributed by atoms with Gasteiger partial charge in [-0.05, 0) is 0 Å². The first-order valence-corrected chi connectivity index (χ1v) is 4.14. The predicted molar refractivity (Wildman–Crippen MR) is 48.3 cm³/mol. The fourth-order valence-corrected chi connectivity index (χ4v) is 1.07. The van der Waals surface area contributed by atoms with E-state index in [1.54, 1.807) is 12.4 Å². The van der Waals surface area contributed by atoms with Crippen molar-refractivity contribution in [3.63, 3.8) is 0 Å². The van der Waals surface area contributed by atoms with Crippen LogP contribution in [0.4, 0.5) is 0 Å². The molecule has 0 fully saturated rings. The molecule has 0 aliphatic carbocycles. The van der Waals surface area contributed by atoms with Gasteiger partial charge in [-0.2, -0.15) is 0 Å². The molecule has 0 aliphatic heterocycles. The second kappa shape index (κ2) is 3.82. The third kappa shape index (κ3) is 2.13. The highest BCUT2D eigenvalue weighted by Crippen LogP contribution is 2.02. The van der Waals surface area contributed by atoms with Crippen LogP contribution in [0.3, 0.4) is 0 Å². The zero-order valence-corrected chi connectivity index (χ0v) is 7.61. The molecule has 7 nitrogen and oxygen atoms in total. The summed E-state index contributed by atoms with van der Waals surface area (Å²) < 4.78 is 1.43. The van der Waals surface area contributed by atoms with Crippen molar-refractivity contribution < 1.29 is 9.90 Å². The van der Waals surface area contributed by atoms with E-state index in [-0.39, 0.29) is 6.42 Å². The zero-order valence-electron chi connectivity index (χ0n) is 7.61. The van der Waals surface area contributed by atoms with Gasteiger partial charge in [0.05, 0.1) is 30.7 Å². The van der Waals surface area contributed by atoms with Crippen LogP contribution in [0.25, 0.3) is 5.69 Å². The van der Waals surface area contributed by atoms with Crippen molar-refractivity contribution in [2.75, 3.05) is 0 Å². The number of hydrogen-bond donors (Lipinski definition) is 1. The van der Waals surface area contributed by atoms with E-state index in [2.05, 4.69) is 20.3 Å². The third-order valence-corrected chi connectivity index (χ3v) is 1.68. The molecule has 0 spiro atoms. The fraction of sp³-hybridized carbons (Fsp3) is 0.125. The summed E-state index contributed by atoms with van der Waals surface area (Å²) in [5, 5.41) is 16.0. The maximum absolute atomic E-state index is 10.4. The lowest BCUT2D eigenvalue weighted by Gasteiger charge is -1.95. The van der Waals surface area contributed by atoms with Gasteiger partial charge < -0.3 is 5.11 Å². The number of hydrogen-bond acceptors (Lipinski definition) is 5. The topological polar surface area (TPSA) is 93.8 Å². The highest BCUT2D eigenvalue weighted by Gasteiger charge is 2.06. The molecule has 2 aromatic rings. The van der Waals surface area contributed by atoms with E-state index in [0.717, 1.165) is 0 Å². The molecule has 0 bridgehead atoms. The summed E-state index contributed by atoms with van der Waals surface area (Å²) in [5.74, 6) is -0.939. The number of carbonyl (C=O) groups is 1. The number of carboxylic acids is 1. The first-order valence-electron chi connectivity index (χ1n) is 4.14. The molecule has 1 N–H and O–H groups in total. The Morgan fingerprint density at radius 3 is 2.80 bits per heavy atom. The third-order valence-electron chi connectivity index (χ3n) is 1.68. The molecule has 15 heavy (non-hydrogen) atoms. The zero-order chi connectivity index (χ0) is 10.7. The summed E-state index contributed by atoms with van der Waals surface area (Å²) in [4.78, 5) is 18.0. The van der Waals surface area contributed by atoms with Crippen molar-refractivity contribution in [1.82, 2.24) is 25.0 Å². The first kappa shape index (κ1) is 9.25. The number of carboxylic acid groups (broad SMARTS) is 1. The number of rotatable bonds is 3. The molecule has 2 rings (SSSR count). The highest BCUT2D eigenvalue weighted by molar-refractivity contribution is 5.69. The van der Waals surface area contributed by atoms with Crippen molar-refractivity contribution >= 4 is 5.97 Å². The molecular formula is C8H7N5O2. The molecule has 0 unspecified atom stereocenters. The Labute approximate surface area is 84.4 Å². The normalized spacial score (nSPS) is 10.1. The first-order chi connectivity index (χ1) is 7.25. The molecule has 76 valence electrons. The molecule has 0 aromatic carbocycles. The van der Waals surface area contributed by atoms with Gasteiger partial charge in [0.25, 0.3) is 0 Å². The minimum absolute atomic E-state index is 0.145. The molecule has 0 radical (unpaired) electrons. The molecular weight excluding hydrogens is 198 g/mol. The molecule has 0 saturated heterocycles. The van der Waals surface area contributed by atoms with Gasteiger partial charge in [-0.3, -0.25) is 4.79 Å². The van der Waals surface area contributed by atoms with Crippen LogP contribution in [-0.2, 0) is 11.2 Å². The Morgan fingerprint density at radius 2 is 2.13 bits per heavy atom. The predicted octanol–water partition coefficient (Wildman–Crippen LogP) is -0.316. The standard InChI is InChI=1S/C8H7N5O2/c14-8(15)1-6-4-13(12-11-6)7-2-9-5-10-3-7/h2-5H,1H2,(H,14,15). The maximum atomic E-state index is 10.4. The van der Waals surface area contributed by atoms with Crippen LogP contribution in [0.5, 0.6) is 0 Å². The summed E-state index contributed by atoms with van der Waals surface area (Å²) in [6.45, 7) is 0. The van der Waals surface area contributed by atoms with Crippen molar-refractivity contribution in [3.05, 3.63) is 30.6 Å². The van der Waals surface area contributed by atoms with Gasteiger partial charge in [0.15, 0.2) is 0 Å². The summed E-state index contributed by atoms with van der Waals surface area (Å²) in [6.07, 6.45) is 5.91. The monoisotopic (exact) mass is 205 g/mol. The SMILES string of the molecule is O=C(O)Cc1cn(-c2cncnc2)nn1. The summed E-state index contributed by atoms with van der Waals surface area (Å²) in [7, 11) is 0. The van der Waals surface area contributed by atoms with Crippen molar-refractivity contribution in [3.8, 4) is 5.69 Å². The minimum atomic E-state index is -0.939. The average molecular weight is 205 g/mol. The van der Waals surface area contributed by atoms with Crippen molar-refractivity contribution in [2.45, 2.75) is 6.42 Å². The van der Waals surface area contributed by atoms with E-state index in [4.69, 9.17) is 5.11 Å². The fourth-order valence-electron chi connectivity index (χ4n) is 1.07. The van der Waals surface area contributed by atoms with Gasteiger partial charge in [0.2, 0.25) is 0 Å². The quantitative estimate of drug-likeness (QED) is 0.738. The van der Waals surface area contributed by atoms with Gasteiger partial charge in [-0.25, -0.2) is 14.6 Å². The Morgan fingerprint density at radius 1 is 1.40 bits per heavy atom. The Hall–Kier alpha value is -2.31. The average Bonchev–Trinajstić information content (AvgIpc) is 2.67. The van der Waals surface area contributed by atoms with Crippen LogP contribution in [-0.4, -0.2) is 36.0 Å². The van der Waals surface area contributed by atoms with Gasteiger partial charge in [0.1, 0.15) is 12.0 Å². The molecule has 0 amide bonds. The highest BCUT2D eigenvalue weighted by atomic mass is 16.4. The van der Waals surface area contributed by atoms with Crippen molar-refractivity contribution in [1.29, 1.82) is 0 Å². The lowest BCUT2D eigenvalue weighted by Crippen LogP contribution is -2.00. The molecule has 0 saturated carbocycles. The van der Waals surface area contributed by atoms with E-state index in [9.17, 15) is 4.79 Å². The summed E-state index contributed by atoms with van der Waals surface area (Å²) in [5.41, 5.74) is 1.04. The van der Waals surface area contributed by atoms with Gasteiger partial charge >= 0.3 is 5.97 Å². The Balaban J connectivity index is 2.24. The summed E-state index contributed by atoms with van der Waals surface area (Å²) in [6, 6.07) is 0. The molecule has 0 aliphatic rings. The van der Waals surface area contributed by atoms with Crippen LogP contribution in [0.15, 0.2) is 24.9 Å². The van der Waals surface area contributed by atoms with Crippen molar-refractivity contribution in [2.24, 2.45) is 0 Å². The van der Waals surface area contributed by atoms with Crippen LogP contribution >= 0.6 is 0 Å². The Bertz CT molecular complexity index is 467. The van der Waals surface area contributed by atoms with E-state index in [1.165, 1.54) is 17.2 Å². The molecule has 2 aromatic heterocycles. The number of aliphatic carboxylic acids is 1. The van der Waals surface area contributed by atoms with Gasteiger partial charge in [-0.1, -0.05) is 5.21 Å². The lowest BCUT2D eigenvalue weighted by atomic mass is 10.3. The van der Waals surface area contributed by atoms with E-state index >= 15 is 0 Å². The maximum Gasteiger partial charge on any atom is 0.309 e. The largest absolute Gasteiger partial charge is 0.481 e. The minimum Gasteiger partial charge on any atom is -0.481 e. The Kier molecular flexibility index (Phi) is 2.36. The second-order valence-corrected chi connectivity index (χ2v) is 2.82. The van der Waals surface area contributed by atoms with Crippen LogP contribution in [0.1, 0.15) is 5.69 Å². The van der Waals surface area contributed by atoms with Crippen LogP contribution in [0, 0.1) is 0 Å². The molecule has 0 atom stereocenters. The van der Waals surface area contributed by atoms with Gasteiger partial charge in [0, 0.05) is 0 Å². The van der Waals surface area contributed by atoms with E-state index < -0.39 is 5.97 Å². The lowest BCUT2D eigenvalue weighted by molar-refractivity contribution is -0.136. The second-order valence-electron chi connectivity index (χ2n) is 2.82. The summed E-state index contributed by atoms with van der Waals surface area (Å²) >= 11 is 0. The van der Waals surface area contributed by atoms with Crippen LogP contribution < -0.4 is 0 Å². The number of nitrogens with zero attached hydrogens (tertiary/aromatic N) is 5. The smallest absolute Gasteiger partial charge is 0.309 e. The van der Waals surface area contributed by atoms with E-state index in [0.29, 0.717) is 11.4 Å². The number of aromatic nitrogens is 5. The van der Waals surface area contributed by atoms with Crippen LogP contribution in [0.2, 0.25) is 0 Å². The molecule has 7 heteroatoms. The molecule has 2 heterocycles. The van der Waals surface area contributed by atoms with Gasteiger partial charge in [-0.15, -0.1) is 5.10 Å².